The molecule has 0 aliphatic carbocycles. The molecule has 1 aliphatic heterocycles. The Bertz CT molecular complexity index is 1270. The minimum Gasteiger partial charge on any atom is -0.493 e. The predicted molar refractivity (Wildman–Crippen MR) is 132 cm³/mol. The molecule has 0 atom stereocenters. The lowest BCUT2D eigenvalue weighted by atomic mass is 10.1. The second-order valence-electron chi connectivity index (χ2n) is 7.95. The summed E-state index contributed by atoms with van der Waals surface area (Å²) in [5.74, 6) is -0.133. The molecule has 0 bridgehead atoms. The van der Waals surface area contributed by atoms with E-state index in [9.17, 15) is 14.4 Å². The zero-order chi connectivity index (χ0) is 24.8. The summed E-state index contributed by atoms with van der Waals surface area (Å²) in [5.41, 5.74) is 3.17. The van der Waals surface area contributed by atoms with E-state index in [0.717, 1.165) is 16.0 Å². The van der Waals surface area contributed by atoms with Gasteiger partial charge in [0.05, 0.1) is 13.7 Å². The van der Waals surface area contributed by atoms with Crippen LogP contribution in [-0.4, -0.2) is 36.5 Å². The van der Waals surface area contributed by atoms with Gasteiger partial charge in [0.25, 0.3) is 11.8 Å². The van der Waals surface area contributed by atoms with Gasteiger partial charge >= 0.3 is 6.03 Å². The quantitative estimate of drug-likeness (QED) is 0.381. The molecule has 1 saturated heterocycles. The molecule has 0 saturated carbocycles. The van der Waals surface area contributed by atoms with E-state index in [4.69, 9.17) is 9.47 Å². The minimum absolute atomic E-state index is 0.106. The fourth-order valence-electron chi connectivity index (χ4n) is 3.56. The van der Waals surface area contributed by atoms with Crippen LogP contribution in [0.4, 0.5) is 10.5 Å². The lowest BCUT2D eigenvalue weighted by Crippen LogP contribution is -2.30. The number of carbonyl (C=O) groups is 3. The molecule has 4 amide bonds. The van der Waals surface area contributed by atoms with Crippen LogP contribution in [0.5, 0.6) is 11.5 Å². The normalized spacial score (nSPS) is 14.1. The SMILES string of the molecule is COc1cccc(/C=C2/NC(=O)N(Cc3ccc(C)cc3)C2=O)c1OCC(=O)Nc1ccccc1. The number of para-hydroxylation sites is 2. The average molecular weight is 472 g/mol. The summed E-state index contributed by atoms with van der Waals surface area (Å²) >= 11 is 0. The van der Waals surface area contributed by atoms with Crippen LogP contribution in [0.2, 0.25) is 0 Å². The first-order valence-electron chi connectivity index (χ1n) is 11.0. The Morgan fingerprint density at radius 2 is 1.74 bits per heavy atom. The van der Waals surface area contributed by atoms with Crippen LogP contribution in [0.1, 0.15) is 16.7 Å². The average Bonchev–Trinajstić information content (AvgIpc) is 3.12. The Morgan fingerprint density at radius 1 is 1.00 bits per heavy atom. The highest BCUT2D eigenvalue weighted by Crippen LogP contribution is 2.33. The molecule has 1 fully saturated rings. The maximum atomic E-state index is 13.0. The molecule has 1 aliphatic rings. The second kappa shape index (κ2) is 10.6. The van der Waals surface area contributed by atoms with Crippen LogP contribution in [0.15, 0.2) is 78.5 Å². The Kier molecular flexibility index (Phi) is 7.11. The first-order chi connectivity index (χ1) is 16.9. The summed E-state index contributed by atoms with van der Waals surface area (Å²) in [6.45, 7) is 1.85. The first-order valence-corrected chi connectivity index (χ1v) is 11.0. The molecule has 8 heteroatoms. The number of nitrogens with zero attached hydrogens (tertiary/aromatic N) is 1. The number of anilines is 1. The molecule has 35 heavy (non-hydrogen) atoms. The lowest BCUT2D eigenvalue weighted by molar-refractivity contribution is -0.123. The van der Waals surface area contributed by atoms with Crippen molar-refractivity contribution in [2.45, 2.75) is 13.5 Å². The molecule has 8 nitrogen and oxygen atoms in total. The van der Waals surface area contributed by atoms with E-state index in [1.165, 1.54) is 13.2 Å². The summed E-state index contributed by atoms with van der Waals surface area (Å²) in [6.07, 6.45) is 1.52. The molecule has 0 aromatic heterocycles. The number of imide groups is 1. The van der Waals surface area contributed by atoms with E-state index < -0.39 is 11.9 Å². The van der Waals surface area contributed by atoms with E-state index in [2.05, 4.69) is 10.6 Å². The molecule has 2 N–H and O–H groups in total. The van der Waals surface area contributed by atoms with Gasteiger partial charge in [0.15, 0.2) is 18.1 Å². The van der Waals surface area contributed by atoms with Crippen molar-refractivity contribution < 1.29 is 23.9 Å². The number of nitrogens with one attached hydrogen (secondary N) is 2. The largest absolute Gasteiger partial charge is 0.493 e. The number of hydrogen-bond donors (Lipinski definition) is 2. The van der Waals surface area contributed by atoms with E-state index >= 15 is 0 Å². The van der Waals surface area contributed by atoms with Crippen LogP contribution < -0.4 is 20.1 Å². The number of benzene rings is 3. The van der Waals surface area contributed by atoms with Crippen molar-refractivity contribution in [3.63, 3.8) is 0 Å². The van der Waals surface area contributed by atoms with E-state index in [-0.39, 0.29) is 30.5 Å². The summed E-state index contributed by atoms with van der Waals surface area (Å²) in [4.78, 5) is 39.0. The van der Waals surface area contributed by atoms with Gasteiger partial charge < -0.3 is 20.1 Å². The smallest absolute Gasteiger partial charge is 0.329 e. The molecular weight excluding hydrogens is 446 g/mol. The number of methoxy groups -OCH3 is 1. The highest BCUT2D eigenvalue weighted by atomic mass is 16.5. The third kappa shape index (κ3) is 5.67. The standard InChI is InChI=1S/C27H25N3O5/c1-18-11-13-19(14-12-18)16-30-26(32)22(29-27(30)33)15-20-7-6-10-23(34-2)25(20)35-17-24(31)28-21-8-4-3-5-9-21/h3-15H,16-17H2,1-2H3,(H,28,31)(H,29,33)/b22-15+. The molecule has 1 heterocycles. The topological polar surface area (TPSA) is 97.0 Å². The minimum atomic E-state index is -0.505. The van der Waals surface area contributed by atoms with Crippen molar-refractivity contribution in [3.05, 3.63) is 95.2 Å². The number of hydrogen-bond acceptors (Lipinski definition) is 5. The van der Waals surface area contributed by atoms with Gasteiger partial charge in [-0.05, 0) is 36.8 Å². The van der Waals surface area contributed by atoms with Crippen LogP contribution in [-0.2, 0) is 16.1 Å². The van der Waals surface area contributed by atoms with Crippen LogP contribution in [0.3, 0.4) is 0 Å². The molecule has 3 aromatic rings. The van der Waals surface area contributed by atoms with E-state index in [1.54, 1.807) is 30.3 Å². The maximum absolute atomic E-state index is 13.0. The first kappa shape index (κ1) is 23.6. The zero-order valence-electron chi connectivity index (χ0n) is 19.4. The highest BCUT2D eigenvalue weighted by molar-refractivity contribution is 6.14. The lowest BCUT2D eigenvalue weighted by Gasteiger charge is -2.14. The number of amides is 4. The van der Waals surface area contributed by atoms with Gasteiger partial charge in [-0.3, -0.25) is 14.5 Å². The molecule has 4 rings (SSSR count). The highest BCUT2D eigenvalue weighted by Gasteiger charge is 2.33. The third-order valence-electron chi connectivity index (χ3n) is 5.36. The molecule has 0 radical (unpaired) electrons. The maximum Gasteiger partial charge on any atom is 0.329 e. The second-order valence-corrected chi connectivity index (χ2v) is 7.95. The molecule has 0 spiro atoms. The zero-order valence-corrected chi connectivity index (χ0v) is 19.4. The van der Waals surface area contributed by atoms with Gasteiger partial charge in [0.2, 0.25) is 0 Å². The molecule has 0 unspecified atom stereocenters. The van der Waals surface area contributed by atoms with Crippen molar-refractivity contribution in [1.29, 1.82) is 0 Å². The number of ether oxygens (including phenoxy) is 2. The Hall–Kier alpha value is -4.59. The van der Waals surface area contributed by atoms with Crippen molar-refractivity contribution in [2.75, 3.05) is 19.0 Å². The van der Waals surface area contributed by atoms with Gasteiger partial charge in [0.1, 0.15) is 5.70 Å². The summed E-state index contributed by atoms with van der Waals surface area (Å²) < 4.78 is 11.2. The molecule has 3 aromatic carbocycles. The monoisotopic (exact) mass is 471 g/mol. The Balaban J connectivity index is 1.51. The van der Waals surface area contributed by atoms with Crippen LogP contribution >= 0.6 is 0 Å². The van der Waals surface area contributed by atoms with Gasteiger partial charge in [0, 0.05) is 11.3 Å². The van der Waals surface area contributed by atoms with Crippen molar-refractivity contribution in [1.82, 2.24) is 10.2 Å². The predicted octanol–water partition coefficient (Wildman–Crippen LogP) is 4.11. The summed E-state index contributed by atoms with van der Waals surface area (Å²) in [7, 11) is 1.48. The van der Waals surface area contributed by atoms with Gasteiger partial charge in [-0.2, -0.15) is 0 Å². The van der Waals surface area contributed by atoms with Gasteiger partial charge in [-0.15, -0.1) is 0 Å². The van der Waals surface area contributed by atoms with E-state index in [1.807, 2.05) is 49.4 Å². The number of urea groups is 1. The molecular formula is C27H25N3O5. The van der Waals surface area contributed by atoms with Crippen molar-refractivity contribution in [2.24, 2.45) is 0 Å². The van der Waals surface area contributed by atoms with Crippen molar-refractivity contribution >= 4 is 29.6 Å². The number of aryl methyl sites for hydroxylation is 1. The number of rotatable bonds is 8. The van der Waals surface area contributed by atoms with Crippen LogP contribution in [0, 0.1) is 6.92 Å². The van der Waals surface area contributed by atoms with Gasteiger partial charge in [-0.25, -0.2) is 4.79 Å². The van der Waals surface area contributed by atoms with E-state index in [0.29, 0.717) is 17.0 Å². The van der Waals surface area contributed by atoms with Gasteiger partial charge in [-0.1, -0.05) is 60.2 Å². The molecule has 178 valence electrons. The fourth-order valence-corrected chi connectivity index (χ4v) is 3.56. The Labute approximate surface area is 203 Å². The van der Waals surface area contributed by atoms with Crippen molar-refractivity contribution in [3.8, 4) is 11.5 Å². The summed E-state index contributed by atoms with van der Waals surface area (Å²) in [6, 6.07) is 21.3. The Morgan fingerprint density at radius 3 is 2.46 bits per heavy atom. The van der Waals surface area contributed by atoms with Crippen LogP contribution in [0.25, 0.3) is 6.08 Å². The third-order valence-corrected chi connectivity index (χ3v) is 5.36. The fraction of sp³-hybridized carbons (Fsp3) is 0.148. The number of carbonyl (C=O) groups excluding carboxylic acids is 3. The summed E-state index contributed by atoms with van der Waals surface area (Å²) in [5, 5.41) is 5.37.